The van der Waals surface area contributed by atoms with E-state index >= 15 is 0 Å². The van der Waals surface area contributed by atoms with Crippen LogP contribution in [0.2, 0.25) is 0 Å². The van der Waals surface area contributed by atoms with Gasteiger partial charge in [0.15, 0.2) is 0 Å². The molecule has 3 rings (SSSR count). The van der Waals surface area contributed by atoms with E-state index in [2.05, 4.69) is 0 Å². The van der Waals surface area contributed by atoms with Crippen LogP contribution >= 0.6 is 0 Å². The molecule has 0 heterocycles. The van der Waals surface area contributed by atoms with Crippen LogP contribution in [-0.4, -0.2) is 43.8 Å². The number of rotatable bonds is 9. The molecular weight excluding hydrogens is 368 g/mol. The standard InChI is InChI=1S/C24H26O5/c1-27-22-12-8-19(9-13-22)24(29-17-21(26)16-25,18-6-4-3-5-7-18)20-10-14-23(28-2)15-11-20/h3-15,21,25-26H,16-17H2,1-2H3. The highest BCUT2D eigenvalue weighted by Crippen LogP contribution is 2.41. The predicted molar refractivity (Wildman–Crippen MR) is 111 cm³/mol. The molecule has 3 aromatic carbocycles. The van der Waals surface area contributed by atoms with E-state index in [9.17, 15) is 10.2 Å². The van der Waals surface area contributed by atoms with Crippen molar-refractivity contribution < 1.29 is 24.4 Å². The minimum Gasteiger partial charge on any atom is -0.497 e. The maximum atomic E-state index is 10.0. The summed E-state index contributed by atoms with van der Waals surface area (Å²) in [6.07, 6.45) is -0.991. The molecule has 5 nitrogen and oxygen atoms in total. The second kappa shape index (κ2) is 9.56. The Morgan fingerprint density at radius 2 is 1.17 bits per heavy atom. The van der Waals surface area contributed by atoms with Crippen LogP contribution in [0.5, 0.6) is 11.5 Å². The lowest BCUT2D eigenvalue weighted by molar-refractivity contribution is -0.0524. The number of ether oxygens (including phenoxy) is 3. The predicted octanol–water partition coefficient (Wildman–Crippen LogP) is 3.37. The van der Waals surface area contributed by atoms with Gasteiger partial charge in [-0.1, -0.05) is 54.6 Å². The van der Waals surface area contributed by atoms with Crippen LogP contribution in [0.3, 0.4) is 0 Å². The van der Waals surface area contributed by atoms with Gasteiger partial charge in [-0.05, 0) is 41.0 Å². The third-order valence-electron chi connectivity index (χ3n) is 4.88. The summed E-state index contributed by atoms with van der Waals surface area (Å²) in [4.78, 5) is 0. The number of hydrogen-bond donors (Lipinski definition) is 2. The van der Waals surface area contributed by atoms with Crippen LogP contribution in [0.4, 0.5) is 0 Å². The van der Waals surface area contributed by atoms with E-state index < -0.39 is 11.7 Å². The van der Waals surface area contributed by atoms with E-state index in [1.807, 2.05) is 78.9 Å². The van der Waals surface area contributed by atoms with Gasteiger partial charge < -0.3 is 24.4 Å². The molecule has 0 aliphatic carbocycles. The van der Waals surface area contributed by atoms with Crippen molar-refractivity contribution in [3.63, 3.8) is 0 Å². The van der Waals surface area contributed by atoms with Crippen molar-refractivity contribution in [2.75, 3.05) is 27.4 Å². The van der Waals surface area contributed by atoms with E-state index in [0.29, 0.717) is 0 Å². The molecule has 1 atom stereocenters. The Morgan fingerprint density at radius 3 is 1.59 bits per heavy atom. The number of aliphatic hydroxyl groups excluding tert-OH is 2. The van der Waals surface area contributed by atoms with E-state index in [1.165, 1.54) is 0 Å². The zero-order valence-corrected chi connectivity index (χ0v) is 16.6. The Labute approximate surface area is 171 Å². The molecule has 2 N–H and O–H groups in total. The van der Waals surface area contributed by atoms with Crippen molar-refractivity contribution in [1.82, 2.24) is 0 Å². The van der Waals surface area contributed by atoms with Gasteiger partial charge in [-0.3, -0.25) is 0 Å². The smallest absolute Gasteiger partial charge is 0.143 e. The first-order valence-corrected chi connectivity index (χ1v) is 9.41. The van der Waals surface area contributed by atoms with Crippen LogP contribution in [0.1, 0.15) is 16.7 Å². The van der Waals surface area contributed by atoms with Gasteiger partial charge in [0.2, 0.25) is 0 Å². The van der Waals surface area contributed by atoms with E-state index in [4.69, 9.17) is 14.2 Å². The molecule has 0 radical (unpaired) electrons. The highest BCUT2D eigenvalue weighted by molar-refractivity contribution is 5.49. The monoisotopic (exact) mass is 394 g/mol. The molecule has 29 heavy (non-hydrogen) atoms. The summed E-state index contributed by atoms with van der Waals surface area (Å²) in [5.74, 6) is 1.47. The quantitative estimate of drug-likeness (QED) is 0.545. The SMILES string of the molecule is COc1ccc(C(OCC(O)CO)(c2ccccc2)c2ccc(OC)cc2)cc1. The van der Waals surface area contributed by atoms with Crippen LogP contribution < -0.4 is 9.47 Å². The van der Waals surface area contributed by atoms with Crippen LogP contribution in [0.15, 0.2) is 78.9 Å². The van der Waals surface area contributed by atoms with Crippen molar-refractivity contribution >= 4 is 0 Å². The molecule has 0 aromatic heterocycles. The molecule has 0 amide bonds. The second-order valence-corrected chi connectivity index (χ2v) is 6.65. The highest BCUT2D eigenvalue weighted by atomic mass is 16.5. The van der Waals surface area contributed by atoms with Gasteiger partial charge >= 0.3 is 0 Å². The van der Waals surface area contributed by atoms with Gasteiger partial charge in [0, 0.05) is 0 Å². The first kappa shape index (κ1) is 20.9. The Morgan fingerprint density at radius 1 is 0.724 bits per heavy atom. The summed E-state index contributed by atoms with van der Waals surface area (Å²) < 4.78 is 17.0. The zero-order valence-electron chi connectivity index (χ0n) is 16.6. The Hall–Kier alpha value is -2.86. The highest BCUT2D eigenvalue weighted by Gasteiger charge is 2.38. The van der Waals surface area contributed by atoms with Gasteiger partial charge in [0.25, 0.3) is 0 Å². The van der Waals surface area contributed by atoms with Crippen LogP contribution in [-0.2, 0) is 10.3 Å². The van der Waals surface area contributed by atoms with Crippen molar-refractivity contribution in [3.05, 3.63) is 95.6 Å². The largest absolute Gasteiger partial charge is 0.497 e. The minimum absolute atomic E-state index is 0.0382. The molecular formula is C24H26O5. The normalized spacial score (nSPS) is 12.4. The Balaban J connectivity index is 2.21. The van der Waals surface area contributed by atoms with Crippen molar-refractivity contribution in [2.24, 2.45) is 0 Å². The summed E-state index contributed by atoms with van der Waals surface area (Å²) in [5, 5.41) is 19.3. The fourth-order valence-corrected chi connectivity index (χ4v) is 3.35. The van der Waals surface area contributed by atoms with Gasteiger partial charge in [0.05, 0.1) is 27.4 Å². The third kappa shape index (κ3) is 4.43. The molecule has 0 aliphatic heterocycles. The van der Waals surface area contributed by atoms with Crippen molar-refractivity contribution in [1.29, 1.82) is 0 Å². The average molecular weight is 394 g/mol. The van der Waals surface area contributed by atoms with Gasteiger partial charge in [0.1, 0.15) is 23.2 Å². The summed E-state index contributed by atoms with van der Waals surface area (Å²) in [5.41, 5.74) is 1.66. The topological polar surface area (TPSA) is 68.2 Å². The molecule has 0 bridgehead atoms. The maximum absolute atomic E-state index is 10.0. The maximum Gasteiger partial charge on any atom is 0.143 e. The molecule has 0 saturated carbocycles. The molecule has 0 spiro atoms. The summed E-state index contributed by atoms with van der Waals surface area (Å²) in [6.45, 7) is -0.417. The molecule has 3 aromatic rings. The molecule has 152 valence electrons. The number of hydrogen-bond acceptors (Lipinski definition) is 5. The molecule has 1 unspecified atom stereocenters. The van der Waals surface area contributed by atoms with E-state index in [-0.39, 0.29) is 13.2 Å². The Bertz CT molecular complexity index is 828. The minimum atomic E-state index is -0.991. The van der Waals surface area contributed by atoms with Crippen LogP contribution in [0.25, 0.3) is 0 Å². The van der Waals surface area contributed by atoms with Crippen molar-refractivity contribution in [2.45, 2.75) is 11.7 Å². The zero-order chi connectivity index (χ0) is 20.7. The first-order chi connectivity index (χ1) is 14.1. The van der Waals surface area contributed by atoms with Gasteiger partial charge in [-0.25, -0.2) is 0 Å². The number of methoxy groups -OCH3 is 2. The van der Waals surface area contributed by atoms with Crippen molar-refractivity contribution in [3.8, 4) is 11.5 Å². The summed E-state index contributed by atoms with van der Waals surface area (Å²) in [6, 6.07) is 25.1. The molecule has 0 fully saturated rings. The number of benzene rings is 3. The average Bonchev–Trinajstić information content (AvgIpc) is 2.80. The lowest BCUT2D eigenvalue weighted by atomic mass is 9.80. The third-order valence-corrected chi connectivity index (χ3v) is 4.88. The lowest BCUT2D eigenvalue weighted by Crippen LogP contribution is -2.36. The molecule has 0 aliphatic rings. The van der Waals surface area contributed by atoms with Gasteiger partial charge in [-0.15, -0.1) is 0 Å². The summed E-state index contributed by atoms with van der Waals surface area (Å²) in [7, 11) is 3.24. The fourth-order valence-electron chi connectivity index (χ4n) is 3.35. The molecule has 5 heteroatoms. The van der Waals surface area contributed by atoms with E-state index in [0.717, 1.165) is 28.2 Å². The second-order valence-electron chi connectivity index (χ2n) is 6.65. The fraction of sp³-hybridized carbons (Fsp3) is 0.250. The van der Waals surface area contributed by atoms with Gasteiger partial charge in [-0.2, -0.15) is 0 Å². The van der Waals surface area contributed by atoms with E-state index in [1.54, 1.807) is 14.2 Å². The summed E-state index contributed by atoms with van der Waals surface area (Å²) >= 11 is 0. The number of aliphatic hydroxyl groups is 2. The molecule has 0 saturated heterocycles. The lowest BCUT2D eigenvalue weighted by Gasteiger charge is -2.36. The first-order valence-electron chi connectivity index (χ1n) is 9.41. The Kier molecular flexibility index (Phi) is 6.88. The van der Waals surface area contributed by atoms with Crippen LogP contribution in [0, 0.1) is 0 Å².